The number of thiocarbonyl (C=S) groups is 1. The van der Waals surface area contributed by atoms with Crippen molar-refractivity contribution in [2.24, 2.45) is 0 Å². The van der Waals surface area contributed by atoms with Gasteiger partial charge in [0.05, 0.1) is 26.8 Å². The Bertz CT molecular complexity index is 488. The minimum Gasteiger partial charge on any atom is -0.493 e. The van der Waals surface area contributed by atoms with Gasteiger partial charge >= 0.3 is 0 Å². The molecule has 1 fully saturated rings. The maximum Gasteiger partial charge on any atom is 0.203 e. The van der Waals surface area contributed by atoms with Crippen LogP contribution in [0.25, 0.3) is 0 Å². The van der Waals surface area contributed by atoms with Crippen LogP contribution in [0.4, 0.5) is 0 Å². The average molecular weight is 310 g/mol. The van der Waals surface area contributed by atoms with Crippen molar-refractivity contribution in [1.29, 1.82) is 0 Å². The molecule has 0 unspecified atom stereocenters. The molecule has 2 rings (SSSR count). The molecule has 21 heavy (non-hydrogen) atoms. The first kappa shape index (κ1) is 15.9. The summed E-state index contributed by atoms with van der Waals surface area (Å²) in [7, 11) is 4.91. The van der Waals surface area contributed by atoms with Crippen LogP contribution in [0.15, 0.2) is 12.1 Å². The summed E-state index contributed by atoms with van der Waals surface area (Å²) in [6, 6.07) is 3.95. The monoisotopic (exact) mass is 310 g/mol. The molecule has 1 aliphatic heterocycles. The standard InChI is InChI=1S/C15H22N2O3S/c1-18-13-5-4-12(14(19-2)15(13)20-3)10-16-6-8-17(11-21)9-7-16/h4-5,11H,6-10H2,1-3H3. The minimum absolute atomic E-state index is 0.648. The van der Waals surface area contributed by atoms with Crippen molar-refractivity contribution >= 4 is 17.7 Å². The van der Waals surface area contributed by atoms with Crippen molar-refractivity contribution in [3.05, 3.63) is 17.7 Å². The average Bonchev–Trinajstić information content (AvgIpc) is 2.54. The Labute approximate surface area is 131 Å². The number of nitrogens with zero attached hydrogens (tertiary/aromatic N) is 2. The van der Waals surface area contributed by atoms with Gasteiger partial charge < -0.3 is 19.1 Å². The molecule has 1 heterocycles. The molecule has 0 saturated carbocycles. The van der Waals surface area contributed by atoms with Crippen LogP contribution in [0.1, 0.15) is 5.56 Å². The zero-order valence-corrected chi connectivity index (χ0v) is 13.6. The second-order valence-electron chi connectivity index (χ2n) is 4.91. The Morgan fingerprint density at radius 3 is 2.19 bits per heavy atom. The molecule has 5 nitrogen and oxygen atoms in total. The second kappa shape index (κ2) is 7.47. The van der Waals surface area contributed by atoms with Gasteiger partial charge in [0.1, 0.15) is 0 Å². The Morgan fingerprint density at radius 2 is 1.67 bits per heavy atom. The molecule has 0 radical (unpaired) electrons. The zero-order valence-electron chi connectivity index (χ0n) is 12.8. The van der Waals surface area contributed by atoms with E-state index in [0.29, 0.717) is 11.5 Å². The maximum atomic E-state index is 5.53. The molecule has 1 aromatic carbocycles. The van der Waals surface area contributed by atoms with Gasteiger partial charge in [-0.1, -0.05) is 18.3 Å². The third-order valence-electron chi connectivity index (χ3n) is 3.74. The van der Waals surface area contributed by atoms with E-state index < -0.39 is 0 Å². The van der Waals surface area contributed by atoms with Crippen molar-refractivity contribution in [2.75, 3.05) is 47.5 Å². The van der Waals surface area contributed by atoms with E-state index in [9.17, 15) is 0 Å². The lowest BCUT2D eigenvalue weighted by Gasteiger charge is -2.33. The van der Waals surface area contributed by atoms with Crippen LogP contribution < -0.4 is 14.2 Å². The van der Waals surface area contributed by atoms with Gasteiger partial charge in [0.15, 0.2) is 11.5 Å². The lowest BCUT2D eigenvalue weighted by molar-refractivity contribution is 0.177. The molecule has 1 aliphatic rings. The van der Waals surface area contributed by atoms with Gasteiger partial charge in [0.25, 0.3) is 0 Å². The quantitative estimate of drug-likeness (QED) is 0.745. The van der Waals surface area contributed by atoms with Crippen LogP contribution in [0.5, 0.6) is 17.2 Å². The van der Waals surface area contributed by atoms with E-state index in [1.54, 1.807) is 26.8 Å². The molecule has 0 atom stereocenters. The van der Waals surface area contributed by atoms with Crippen LogP contribution in [-0.2, 0) is 6.54 Å². The van der Waals surface area contributed by atoms with Crippen molar-refractivity contribution in [3.63, 3.8) is 0 Å². The third-order valence-corrected chi connectivity index (χ3v) is 4.03. The summed E-state index contributed by atoms with van der Waals surface area (Å²) in [5, 5.41) is 0. The predicted octanol–water partition coefficient (Wildman–Crippen LogP) is 1.79. The number of hydrogen-bond donors (Lipinski definition) is 0. The molecule has 0 bridgehead atoms. The van der Waals surface area contributed by atoms with Gasteiger partial charge in [-0.3, -0.25) is 4.90 Å². The van der Waals surface area contributed by atoms with Crippen LogP contribution in [0.3, 0.4) is 0 Å². The van der Waals surface area contributed by atoms with Crippen molar-refractivity contribution in [3.8, 4) is 17.2 Å². The fraction of sp³-hybridized carbons (Fsp3) is 0.533. The summed E-state index contributed by atoms with van der Waals surface area (Å²) < 4.78 is 16.3. The fourth-order valence-corrected chi connectivity index (χ4v) is 2.77. The van der Waals surface area contributed by atoms with Crippen molar-refractivity contribution in [1.82, 2.24) is 9.80 Å². The topological polar surface area (TPSA) is 34.2 Å². The Hall–Kier alpha value is -1.53. The number of ether oxygens (including phenoxy) is 3. The van der Waals surface area contributed by atoms with Gasteiger partial charge in [0, 0.05) is 38.3 Å². The smallest absolute Gasteiger partial charge is 0.203 e. The highest BCUT2D eigenvalue weighted by atomic mass is 32.1. The normalized spacial score (nSPS) is 15.7. The van der Waals surface area contributed by atoms with Gasteiger partial charge in [0.2, 0.25) is 5.75 Å². The molecule has 0 N–H and O–H groups in total. The first-order chi connectivity index (χ1) is 10.2. The molecule has 0 aromatic heterocycles. The Morgan fingerprint density at radius 1 is 1.00 bits per heavy atom. The first-order valence-corrected chi connectivity index (χ1v) is 7.40. The summed E-state index contributed by atoms with van der Waals surface area (Å²) >= 11 is 4.97. The lowest BCUT2D eigenvalue weighted by atomic mass is 10.1. The highest BCUT2D eigenvalue weighted by Crippen LogP contribution is 2.40. The SMILES string of the molecule is COc1ccc(CN2CCN(C=S)CC2)c(OC)c1OC. The van der Waals surface area contributed by atoms with Crippen LogP contribution in [-0.4, -0.2) is 62.8 Å². The predicted molar refractivity (Wildman–Crippen MR) is 86.6 cm³/mol. The highest BCUT2D eigenvalue weighted by Gasteiger charge is 2.20. The lowest BCUT2D eigenvalue weighted by Crippen LogP contribution is -2.44. The van der Waals surface area contributed by atoms with E-state index in [0.717, 1.165) is 44.0 Å². The Balaban J connectivity index is 2.15. The van der Waals surface area contributed by atoms with E-state index in [-0.39, 0.29) is 0 Å². The van der Waals surface area contributed by atoms with Gasteiger partial charge in [-0.2, -0.15) is 0 Å². The van der Waals surface area contributed by atoms with E-state index in [2.05, 4.69) is 9.80 Å². The summed E-state index contributed by atoms with van der Waals surface area (Å²) in [6.07, 6.45) is 0. The molecule has 6 heteroatoms. The molecular weight excluding hydrogens is 288 g/mol. The number of methoxy groups -OCH3 is 3. The van der Waals surface area contributed by atoms with Crippen LogP contribution in [0, 0.1) is 0 Å². The Kier molecular flexibility index (Phi) is 5.64. The summed E-state index contributed by atoms with van der Waals surface area (Å²) in [4.78, 5) is 4.55. The summed E-state index contributed by atoms with van der Waals surface area (Å²) in [5.74, 6) is 2.08. The number of piperazine rings is 1. The third kappa shape index (κ3) is 3.57. The van der Waals surface area contributed by atoms with E-state index in [1.165, 1.54) is 0 Å². The molecular formula is C15H22N2O3S. The van der Waals surface area contributed by atoms with E-state index >= 15 is 0 Å². The zero-order chi connectivity index (χ0) is 15.2. The van der Waals surface area contributed by atoms with Crippen molar-refractivity contribution in [2.45, 2.75) is 6.54 Å². The van der Waals surface area contributed by atoms with E-state index in [1.807, 2.05) is 12.1 Å². The molecule has 0 spiro atoms. The highest BCUT2D eigenvalue weighted by molar-refractivity contribution is 7.78. The van der Waals surface area contributed by atoms with Crippen molar-refractivity contribution < 1.29 is 14.2 Å². The van der Waals surface area contributed by atoms with Crippen LogP contribution in [0.2, 0.25) is 0 Å². The molecule has 1 aromatic rings. The minimum atomic E-state index is 0.648. The van der Waals surface area contributed by atoms with E-state index in [4.69, 9.17) is 26.4 Å². The summed E-state index contributed by atoms with van der Waals surface area (Å²) in [6.45, 7) is 4.75. The molecule has 0 amide bonds. The number of rotatable bonds is 6. The number of hydrogen-bond acceptors (Lipinski definition) is 5. The molecule has 0 aliphatic carbocycles. The number of benzene rings is 1. The fourth-order valence-electron chi connectivity index (χ4n) is 2.56. The molecule has 116 valence electrons. The van der Waals surface area contributed by atoms with Gasteiger partial charge in [-0.05, 0) is 6.07 Å². The maximum absolute atomic E-state index is 5.53. The van der Waals surface area contributed by atoms with Gasteiger partial charge in [-0.25, -0.2) is 0 Å². The molecule has 1 saturated heterocycles. The first-order valence-electron chi connectivity index (χ1n) is 6.93. The van der Waals surface area contributed by atoms with Crippen LogP contribution >= 0.6 is 12.2 Å². The largest absolute Gasteiger partial charge is 0.493 e. The summed E-state index contributed by atoms with van der Waals surface area (Å²) in [5.41, 5.74) is 2.85. The second-order valence-corrected chi connectivity index (χ2v) is 5.12. The van der Waals surface area contributed by atoms with Gasteiger partial charge in [-0.15, -0.1) is 0 Å².